The van der Waals surface area contributed by atoms with Gasteiger partial charge in [0.25, 0.3) is 5.91 Å². The van der Waals surface area contributed by atoms with Crippen LogP contribution in [-0.4, -0.2) is 41.6 Å². The molecule has 2 heterocycles. The van der Waals surface area contributed by atoms with E-state index in [0.717, 1.165) is 10.9 Å². The lowest BCUT2D eigenvalue weighted by molar-refractivity contribution is 0.0837. The molecule has 1 amide bonds. The third kappa shape index (κ3) is 4.53. The fourth-order valence-electron chi connectivity index (χ4n) is 3.88. The summed E-state index contributed by atoms with van der Waals surface area (Å²) in [7, 11) is 0. The van der Waals surface area contributed by atoms with Gasteiger partial charge in [0.05, 0.1) is 6.54 Å². The Morgan fingerprint density at radius 3 is 2.74 bits per heavy atom. The van der Waals surface area contributed by atoms with Crippen LogP contribution in [0.15, 0.2) is 72.8 Å². The highest BCUT2D eigenvalue weighted by Gasteiger charge is 2.18. The molecule has 1 unspecified atom stereocenters. The number of aromatic nitrogens is 1. The predicted molar refractivity (Wildman–Crippen MR) is 124 cm³/mol. The number of aliphatic hydroxyl groups is 1. The molecule has 0 spiro atoms. The Balaban J connectivity index is 1.25. The lowest BCUT2D eigenvalue weighted by Crippen LogP contribution is -2.36. The topological polar surface area (TPSA) is 82.0 Å². The van der Waals surface area contributed by atoms with Crippen LogP contribution in [0.5, 0.6) is 17.2 Å². The van der Waals surface area contributed by atoms with E-state index in [1.54, 1.807) is 47.0 Å². The smallest absolute Gasteiger partial charge is 0.268 e. The minimum Gasteiger partial charge on any atom is -0.491 e. The van der Waals surface area contributed by atoms with Crippen LogP contribution in [0.1, 0.15) is 16.1 Å². The largest absolute Gasteiger partial charge is 0.491 e. The first-order valence-corrected chi connectivity index (χ1v) is 10.9. The monoisotopic (exact) mass is 462 g/mol. The number of carbonyl (C=O) groups is 1. The molecule has 0 fully saturated rings. The summed E-state index contributed by atoms with van der Waals surface area (Å²) in [6, 6.07) is 21.0. The summed E-state index contributed by atoms with van der Waals surface area (Å²) >= 11 is 0. The third-order valence-corrected chi connectivity index (χ3v) is 5.61. The number of benzene rings is 3. The number of hydrogen-bond acceptors (Lipinski definition) is 5. The van der Waals surface area contributed by atoms with E-state index < -0.39 is 6.10 Å². The second kappa shape index (κ2) is 9.44. The molecule has 0 bridgehead atoms. The summed E-state index contributed by atoms with van der Waals surface area (Å²) in [5.41, 5.74) is 1.69. The molecular weight excluding hydrogens is 439 g/mol. The van der Waals surface area contributed by atoms with Crippen LogP contribution >= 0.6 is 0 Å². The number of aliphatic hydroxyl groups excluding tert-OH is 1. The highest BCUT2D eigenvalue weighted by atomic mass is 19.1. The molecule has 4 aromatic rings. The average Bonchev–Trinajstić information content (AvgIpc) is 3.47. The maximum absolute atomic E-state index is 14.3. The van der Waals surface area contributed by atoms with Crippen LogP contribution in [0, 0.1) is 5.82 Å². The van der Waals surface area contributed by atoms with Crippen molar-refractivity contribution in [1.29, 1.82) is 0 Å². The Hall–Kier alpha value is -4.04. The number of hydrogen-bond donors (Lipinski definition) is 2. The van der Waals surface area contributed by atoms with E-state index in [0.29, 0.717) is 28.5 Å². The highest BCUT2D eigenvalue weighted by Crippen LogP contribution is 2.35. The van der Waals surface area contributed by atoms with Gasteiger partial charge in [0.1, 0.15) is 30.0 Å². The zero-order chi connectivity index (χ0) is 23.5. The van der Waals surface area contributed by atoms with E-state index in [1.807, 2.05) is 24.3 Å². The van der Waals surface area contributed by atoms with Gasteiger partial charge < -0.3 is 29.2 Å². The Labute approximate surface area is 195 Å². The number of nitrogens with one attached hydrogen (secondary N) is 1. The zero-order valence-corrected chi connectivity index (χ0v) is 18.2. The fourth-order valence-corrected chi connectivity index (χ4v) is 3.88. The number of para-hydroxylation sites is 1. The molecule has 1 aliphatic heterocycles. The van der Waals surface area contributed by atoms with E-state index in [-0.39, 0.29) is 38.2 Å². The quantitative estimate of drug-likeness (QED) is 0.417. The first kappa shape index (κ1) is 21.8. The SMILES string of the molecule is O=C(NCC(O)COc1ccc2c(c1)OCO2)c1cc2ccccc2n1Cc1ccccc1F. The van der Waals surface area contributed by atoms with Gasteiger partial charge in [0.2, 0.25) is 6.79 Å². The van der Waals surface area contributed by atoms with Crippen molar-refractivity contribution in [3.05, 3.63) is 89.9 Å². The number of carbonyl (C=O) groups excluding carboxylic acids is 1. The molecule has 5 rings (SSSR count). The second-order valence-corrected chi connectivity index (χ2v) is 7.96. The van der Waals surface area contributed by atoms with Gasteiger partial charge in [0.15, 0.2) is 11.5 Å². The van der Waals surface area contributed by atoms with Gasteiger partial charge >= 0.3 is 0 Å². The summed E-state index contributed by atoms with van der Waals surface area (Å²) in [5.74, 6) is 1.06. The molecule has 1 aromatic heterocycles. The summed E-state index contributed by atoms with van der Waals surface area (Å²) in [5, 5.41) is 13.9. The van der Waals surface area contributed by atoms with E-state index in [9.17, 15) is 14.3 Å². The standard InChI is InChI=1S/C26H23FN2O5/c27-21-7-3-1-6-18(21)14-29-22-8-4-2-5-17(22)11-23(29)26(31)28-13-19(30)15-32-20-9-10-24-25(12-20)34-16-33-24/h1-12,19,30H,13-16H2,(H,28,31). The van der Waals surface area contributed by atoms with Gasteiger partial charge in [-0.3, -0.25) is 4.79 Å². The van der Waals surface area contributed by atoms with Crippen molar-refractivity contribution in [1.82, 2.24) is 9.88 Å². The molecule has 34 heavy (non-hydrogen) atoms. The van der Waals surface area contributed by atoms with E-state index in [4.69, 9.17) is 14.2 Å². The lowest BCUT2D eigenvalue weighted by atomic mass is 10.2. The first-order chi connectivity index (χ1) is 16.6. The van der Waals surface area contributed by atoms with Crippen molar-refractivity contribution in [2.45, 2.75) is 12.6 Å². The van der Waals surface area contributed by atoms with E-state index in [1.165, 1.54) is 6.07 Å². The Morgan fingerprint density at radius 1 is 1.06 bits per heavy atom. The second-order valence-electron chi connectivity index (χ2n) is 7.96. The Kier molecular flexibility index (Phi) is 6.05. The first-order valence-electron chi connectivity index (χ1n) is 10.9. The van der Waals surface area contributed by atoms with Crippen LogP contribution in [0.2, 0.25) is 0 Å². The Morgan fingerprint density at radius 2 is 1.85 bits per heavy atom. The number of nitrogens with zero attached hydrogens (tertiary/aromatic N) is 1. The Bertz CT molecular complexity index is 1340. The van der Waals surface area contributed by atoms with Gasteiger partial charge in [-0.25, -0.2) is 4.39 Å². The van der Waals surface area contributed by atoms with Crippen molar-refractivity contribution in [3.8, 4) is 17.2 Å². The van der Waals surface area contributed by atoms with Crippen LogP contribution < -0.4 is 19.5 Å². The van der Waals surface area contributed by atoms with Gasteiger partial charge in [-0.05, 0) is 30.3 Å². The third-order valence-electron chi connectivity index (χ3n) is 5.61. The van der Waals surface area contributed by atoms with Gasteiger partial charge in [-0.2, -0.15) is 0 Å². The van der Waals surface area contributed by atoms with E-state index in [2.05, 4.69) is 5.32 Å². The van der Waals surface area contributed by atoms with Gasteiger partial charge in [-0.15, -0.1) is 0 Å². The van der Waals surface area contributed by atoms with Crippen LogP contribution in [0.25, 0.3) is 10.9 Å². The number of rotatable bonds is 8. The molecule has 8 heteroatoms. The zero-order valence-electron chi connectivity index (χ0n) is 18.2. The molecule has 1 atom stereocenters. The fraction of sp³-hybridized carbons (Fsp3) is 0.192. The number of halogens is 1. The molecule has 2 N–H and O–H groups in total. The minimum atomic E-state index is -0.932. The van der Waals surface area contributed by atoms with Gasteiger partial charge in [0, 0.05) is 29.1 Å². The predicted octanol–water partition coefficient (Wildman–Crippen LogP) is 3.73. The number of ether oxygens (including phenoxy) is 3. The molecule has 0 radical (unpaired) electrons. The van der Waals surface area contributed by atoms with Crippen molar-refractivity contribution in [2.75, 3.05) is 19.9 Å². The average molecular weight is 462 g/mol. The normalized spacial score (nSPS) is 13.1. The molecule has 1 aliphatic rings. The van der Waals surface area contributed by atoms with Crippen molar-refractivity contribution < 1.29 is 28.5 Å². The molecular formula is C26H23FN2O5. The summed E-state index contributed by atoms with van der Waals surface area (Å²) in [6.07, 6.45) is -0.932. The molecule has 0 saturated heterocycles. The molecule has 174 valence electrons. The highest BCUT2D eigenvalue weighted by molar-refractivity contribution is 5.98. The number of amides is 1. The van der Waals surface area contributed by atoms with Crippen LogP contribution in [0.4, 0.5) is 4.39 Å². The van der Waals surface area contributed by atoms with Crippen LogP contribution in [0.3, 0.4) is 0 Å². The molecule has 0 aliphatic carbocycles. The number of fused-ring (bicyclic) bond motifs is 2. The van der Waals surface area contributed by atoms with E-state index >= 15 is 0 Å². The van der Waals surface area contributed by atoms with Crippen LogP contribution in [-0.2, 0) is 6.54 Å². The molecule has 0 saturated carbocycles. The summed E-state index contributed by atoms with van der Waals surface area (Å²) in [6.45, 7) is 0.350. The summed E-state index contributed by atoms with van der Waals surface area (Å²) < 4.78 is 32.3. The summed E-state index contributed by atoms with van der Waals surface area (Å²) in [4.78, 5) is 13.0. The maximum Gasteiger partial charge on any atom is 0.268 e. The minimum absolute atomic E-state index is 0.00932. The molecule has 7 nitrogen and oxygen atoms in total. The lowest BCUT2D eigenvalue weighted by Gasteiger charge is -2.15. The molecule has 3 aromatic carbocycles. The van der Waals surface area contributed by atoms with Crippen molar-refractivity contribution in [2.24, 2.45) is 0 Å². The maximum atomic E-state index is 14.3. The van der Waals surface area contributed by atoms with Crippen molar-refractivity contribution in [3.63, 3.8) is 0 Å². The van der Waals surface area contributed by atoms with Gasteiger partial charge in [-0.1, -0.05) is 36.4 Å². The van der Waals surface area contributed by atoms with Crippen molar-refractivity contribution >= 4 is 16.8 Å².